The number of carbonyl (C=O) groups is 2. The summed E-state index contributed by atoms with van der Waals surface area (Å²) in [5, 5.41) is 9.66. The van der Waals surface area contributed by atoms with Crippen molar-refractivity contribution in [3.63, 3.8) is 0 Å². The van der Waals surface area contributed by atoms with Crippen LogP contribution < -0.4 is 15.5 Å². The SMILES string of the molecule is COC(=O)CCNC(=S)N1CCC(c2nc(C(=O)Nc3ccccc3N3CCOCC3)cs2)CC1. The number of ether oxygens (including phenoxy) is 2. The van der Waals surface area contributed by atoms with Gasteiger partial charge in [-0.1, -0.05) is 12.1 Å². The maximum atomic E-state index is 13.0. The van der Waals surface area contributed by atoms with Crippen LogP contribution in [0.1, 0.15) is 40.7 Å². The molecular weight excluding hydrogens is 486 g/mol. The number of benzene rings is 1. The van der Waals surface area contributed by atoms with Crippen molar-refractivity contribution in [2.45, 2.75) is 25.2 Å². The number of aromatic nitrogens is 1. The normalized spacial score (nSPS) is 16.6. The molecule has 1 aromatic heterocycles. The molecule has 1 aromatic carbocycles. The van der Waals surface area contributed by atoms with E-state index in [-0.39, 0.29) is 18.3 Å². The number of anilines is 2. The molecular formula is C24H31N5O4S2. The standard InChI is InChI=1S/C24H31N5O4S2/c1-32-21(30)6-9-25-24(34)29-10-7-17(8-11-29)23-27-19(16-35-23)22(31)26-18-4-2-3-5-20(18)28-12-14-33-15-13-28/h2-5,16-17H,6-15H2,1H3,(H,25,34)(H,26,31). The van der Waals surface area contributed by atoms with E-state index in [1.54, 1.807) is 0 Å². The third-order valence-electron chi connectivity index (χ3n) is 6.22. The highest BCUT2D eigenvalue weighted by atomic mass is 32.1. The van der Waals surface area contributed by atoms with Crippen LogP contribution in [-0.2, 0) is 14.3 Å². The van der Waals surface area contributed by atoms with Crippen molar-refractivity contribution < 1.29 is 19.1 Å². The second-order valence-electron chi connectivity index (χ2n) is 8.46. The number of morpholine rings is 1. The van der Waals surface area contributed by atoms with Gasteiger partial charge in [-0.05, 0) is 37.2 Å². The molecule has 2 fully saturated rings. The maximum absolute atomic E-state index is 13.0. The number of thiocarbonyl (C=S) groups is 1. The zero-order chi connectivity index (χ0) is 24.6. The number of para-hydroxylation sites is 2. The van der Waals surface area contributed by atoms with Crippen molar-refractivity contribution in [3.05, 3.63) is 40.3 Å². The lowest BCUT2D eigenvalue weighted by Gasteiger charge is -2.33. The van der Waals surface area contributed by atoms with Crippen LogP contribution in [0.15, 0.2) is 29.6 Å². The van der Waals surface area contributed by atoms with Crippen LogP contribution in [0, 0.1) is 0 Å². The molecule has 2 aliphatic heterocycles. The maximum Gasteiger partial charge on any atom is 0.307 e. The summed E-state index contributed by atoms with van der Waals surface area (Å²) in [6, 6.07) is 7.85. The summed E-state index contributed by atoms with van der Waals surface area (Å²) in [7, 11) is 1.38. The summed E-state index contributed by atoms with van der Waals surface area (Å²) in [4.78, 5) is 33.3. The number of piperidine rings is 1. The van der Waals surface area contributed by atoms with Gasteiger partial charge in [0.1, 0.15) is 5.69 Å². The number of likely N-dealkylation sites (tertiary alicyclic amines) is 1. The Hall–Kier alpha value is -2.76. The van der Waals surface area contributed by atoms with Crippen LogP contribution in [0.2, 0.25) is 0 Å². The van der Waals surface area contributed by atoms with Crippen molar-refractivity contribution in [3.8, 4) is 0 Å². The first kappa shape index (κ1) is 25.3. The quantitative estimate of drug-likeness (QED) is 0.425. The van der Waals surface area contributed by atoms with Gasteiger partial charge < -0.3 is 29.9 Å². The van der Waals surface area contributed by atoms with Crippen LogP contribution in [0.4, 0.5) is 11.4 Å². The molecule has 11 heteroatoms. The Morgan fingerprint density at radius 3 is 2.69 bits per heavy atom. The summed E-state index contributed by atoms with van der Waals surface area (Å²) >= 11 is 7.00. The monoisotopic (exact) mass is 517 g/mol. The van der Waals surface area contributed by atoms with Gasteiger partial charge in [0.2, 0.25) is 0 Å². The Morgan fingerprint density at radius 1 is 1.20 bits per heavy atom. The fourth-order valence-corrected chi connectivity index (χ4v) is 5.50. The lowest BCUT2D eigenvalue weighted by atomic mass is 9.98. The molecule has 2 N–H and O–H groups in total. The van der Waals surface area contributed by atoms with Gasteiger partial charge in [-0.2, -0.15) is 0 Å². The molecule has 2 aliphatic rings. The molecule has 3 heterocycles. The minimum absolute atomic E-state index is 0.193. The number of rotatable bonds is 7. The average molecular weight is 518 g/mol. The van der Waals surface area contributed by atoms with Crippen molar-refractivity contribution in [2.24, 2.45) is 0 Å². The van der Waals surface area contributed by atoms with Crippen LogP contribution in [0.25, 0.3) is 0 Å². The third-order valence-corrected chi connectivity index (χ3v) is 7.63. The van der Waals surface area contributed by atoms with Gasteiger partial charge in [0, 0.05) is 44.0 Å². The fourth-order valence-electron chi connectivity index (χ4n) is 4.24. The molecule has 0 aliphatic carbocycles. The number of hydrogen-bond donors (Lipinski definition) is 2. The molecule has 1 amide bonds. The van der Waals surface area contributed by atoms with Crippen molar-refractivity contribution in [2.75, 3.05) is 63.3 Å². The Morgan fingerprint density at radius 2 is 1.94 bits per heavy atom. The van der Waals surface area contributed by atoms with Crippen molar-refractivity contribution in [1.82, 2.24) is 15.2 Å². The molecule has 0 saturated carbocycles. The molecule has 188 valence electrons. The van der Waals surface area contributed by atoms with Gasteiger partial charge in [-0.15, -0.1) is 11.3 Å². The van der Waals surface area contributed by atoms with E-state index in [4.69, 9.17) is 17.0 Å². The zero-order valence-corrected chi connectivity index (χ0v) is 21.5. The Balaban J connectivity index is 1.29. The van der Waals surface area contributed by atoms with E-state index in [2.05, 4.69) is 30.2 Å². The number of thiazole rings is 1. The van der Waals surface area contributed by atoms with E-state index >= 15 is 0 Å². The van der Waals surface area contributed by atoms with Gasteiger partial charge in [0.15, 0.2) is 5.11 Å². The molecule has 0 spiro atoms. The molecule has 2 saturated heterocycles. The van der Waals surface area contributed by atoms with E-state index in [1.807, 2.05) is 29.6 Å². The van der Waals surface area contributed by atoms with Crippen LogP contribution in [0.5, 0.6) is 0 Å². The summed E-state index contributed by atoms with van der Waals surface area (Å²) in [6.45, 7) is 5.06. The molecule has 0 bridgehead atoms. The second-order valence-corrected chi connectivity index (χ2v) is 9.74. The number of amides is 1. The van der Waals surface area contributed by atoms with E-state index in [9.17, 15) is 9.59 Å². The Bertz CT molecular complexity index is 1030. The highest BCUT2D eigenvalue weighted by molar-refractivity contribution is 7.80. The topological polar surface area (TPSA) is 96.0 Å². The van der Waals surface area contributed by atoms with Gasteiger partial charge in [0.25, 0.3) is 5.91 Å². The number of nitrogens with zero attached hydrogens (tertiary/aromatic N) is 3. The summed E-state index contributed by atoms with van der Waals surface area (Å²) in [5.74, 6) is -0.148. The molecule has 0 radical (unpaired) electrons. The van der Waals surface area contributed by atoms with Gasteiger partial charge >= 0.3 is 5.97 Å². The number of hydrogen-bond acceptors (Lipinski definition) is 8. The first-order valence-electron chi connectivity index (χ1n) is 11.8. The highest BCUT2D eigenvalue weighted by Gasteiger charge is 2.25. The minimum atomic E-state index is -0.257. The Labute approximate surface area is 214 Å². The number of nitrogens with one attached hydrogen (secondary N) is 2. The molecule has 0 atom stereocenters. The highest BCUT2D eigenvalue weighted by Crippen LogP contribution is 2.31. The number of methoxy groups -OCH3 is 1. The smallest absolute Gasteiger partial charge is 0.307 e. The fraction of sp³-hybridized carbons (Fsp3) is 0.500. The molecule has 4 rings (SSSR count). The van der Waals surface area contributed by atoms with E-state index in [0.717, 1.165) is 55.4 Å². The molecule has 9 nitrogen and oxygen atoms in total. The third kappa shape index (κ3) is 6.68. The van der Waals surface area contributed by atoms with Crippen LogP contribution in [0.3, 0.4) is 0 Å². The summed E-state index contributed by atoms with van der Waals surface area (Å²) in [5.41, 5.74) is 2.24. The lowest BCUT2D eigenvalue weighted by molar-refractivity contribution is -0.140. The first-order valence-corrected chi connectivity index (χ1v) is 13.1. The van der Waals surface area contributed by atoms with Crippen molar-refractivity contribution in [1.29, 1.82) is 0 Å². The van der Waals surface area contributed by atoms with Gasteiger partial charge in [-0.25, -0.2) is 4.98 Å². The van der Waals surface area contributed by atoms with Gasteiger partial charge in [0.05, 0.1) is 43.1 Å². The minimum Gasteiger partial charge on any atom is -0.469 e. The van der Waals surface area contributed by atoms with E-state index < -0.39 is 0 Å². The van der Waals surface area contributed by atoms with Crippen LogP contribution in [-0.4, -0.2) is 79.9 Å². The molecule has 35 heavy (non-hydrogen) atoms. The number of carbonyl (C=O) groups excluding carboxylic acids is 2. The lowest BCUT2D eigenvalue weighted by Crippen LogP contribution is -2.44. The van der Waals surface area contributed by atoms with Crippen molar-refractivity contribution >= 4 is 51.9 Å². The zero-order valence-electron chi connectivity index (χ0n) is 19.8. The second kappa shape index (κ2) is 12.3. The molecule has 0 unspecified atom stereocenters. The predicted octanol–water partition coefficient (Wildman–Crippen LogP) is 2.85. The Kier molecular flexibility index (Phi) is 8.89. The summed E-state index contributed by atoms with van der Waals surface area (Å²) in [6.07, 6.45) is 2.11. The first-order chi connectivity index (χ1) is 17.0. The largest absolute Gasteiger partial charge is 0.469 e. The summed E-state index contributed by atoms with van der Waals surface area (Å²) < 4.78 is 10.1. The van der Waals surface area contributed by atoms with E-state index in [0.29, 0.717) is 36.5 Å². The number of esters is 1. The predicted molar refractivity (Wildman–Crippen MR) is 140 cm³/mol. The van der Waals surface area contributed by atoms with E-state index in [1.165, 1.54) is 18.4 Å². The van der Waals surface area contributed by atoms with Crippen LogP contribution >= 0.6 is 23.6 Å². The van der Waals surface area contributed by atoms with Gasteiger partial charge in [-0.3, -0.25) is 9.59 Å². The average Bonchev–Trinajstić information content (AvgIpc) is 3.40. The molecule has 2 aromatic rings.